The minimum Gasteiger partial charge on any atom is -0.393 e. The van der Waals surface area contributed by atoms with E-state index in [-0.39, 0.29) is 6.10 Å². The maximum absolute atomic E-state index is 5.49. The first-order chi connectivity index (χ1) is 13.5. The van der Waals surface area contributed by atoms with Crippen LogP contribution in [0.15, 0.2) is 35.9 Å². The van der Waals surface area contributed by atoms with E-state index in [9.17, 15) is 0 Å². The SMILES string of the molecule is Cc1nc(-c2cccnc2)sc1-c1cnc2c(n1)/C(=N/OC(C)C)CCN2C. The molecule has 0 N–H and O–H groups in total. The summed E-state index contributed by atoms with van der Waals surface area (Å²) in [5.74, 6) is 0.829. The van der Waals surface area contributed by atoms with Gasteiger partial charge in [0.15, 0.2) is 5.82 Å². The first-order valence-corrected chi connectivity index (χ1v) is 10.0. The van der Waals surface area contributed by atoms with Gasteiger partial charge in [-0.15, -0.1) is 11.3 Å². The molecule has 0 fully saturated rings. The summed E-state index contributed by atoms with van der Waals surface area (Å²) in [5, 5.41) is 5.26. The second kappa shape index (κ2) is 7.63. The third-order valence-electron chi connectivity index (χ3n) is 4.38. The van der Waals surface area contributed by atoms with Crippen LogP contribution in [0.5, 0.6) is 0 Å². The Morgan fingerprint density at radius 3 is 2.86 bits per heavy atom. The molecule has 0 spiro atoms. The van der Waals surface area contributed by atoms with E-state index in [4.69, 9.17) is 14.8 Å². The topological polar surface area (TPSA) is 76.4 Å². The maximum Gasteiger partial charge on any atom is 0.156 e. The van der Waals surface area contributed by atoms with Gasteiger partial charge in [-0.3, -0.25) is 4.98 Å². The number of fused-ring (bicyclic) bond motifs is 1. The van der Waals surface area contributed by atoms with Crippen molar-refractivity contribution in [2.75, 3.05) is 18.5 Å². The normalized spacial score (nSPS) is 15.2. The smallest absolute Gasteiger partial charge is 0.156 e. The zero-order chi connectivity index (χ0) is 19.7. The van der Waals surface area contributed by atoms with Crippen LogP contribution in [0.4, 0.5) is 5.82 Å². The van der Waals surface area contributed by atoms with Crippen molar-refractivity contribution in [1.82, 2.24) is 19.9 Å². The highest BCUT2D eigenvalue weighted by Crippen LogP contribution is 2.35. The van der Waals surface area contributed by atoms with Crippen LogP contribution in [0.2, 0.25) is 0 Å². The fraction of sp³-hybridized carbons (Fsp3) is 0.350. The summed E-state index contributed by atoms with van der Waals surface area (Å²) in [7, 11) is 2.02. The summed E-state index contributed by atoms with van der Waals surface area (Å²) >= 11 is 1.60. The molecule has 0 saturated heterocycles. The Labute approximate surface area is 168 Å². The van der Waals surface area contributed by atoms with Gasteiger partial charge in [0.1, 0.15) is 28.2 Å². The zero-order valence-corrected chi connectivity index (χ0v) is 17.2. The second-order valence-corrected chi connectivity index (χ2v) is 7.97. The lowest BCUT2D eigenvalue weighted by molar-refractivity contribution is 0.0855. The Bertz CT molecular complexity index is 1010. The fourth-order valence-corrected chi connectivity index (χ4v) is 3.98. The van der Waals surface area contributed by atoms with Gasteiger partial charge in [0.25, 0.3) is 0 Å². The molecule has 0 atom stereocenters. The Morgan fingerprint density at radius 1 is 1.25 bits per heavy atom. The van der Waals surface area contributed by atoms with Crippen molar-refractivity contribution in [3.05, 3.63) is 42.1 Å². The number of nitrogens with zero attached hydrogens (tertiary/aromatic N) is 6. The van der Waals surface area contributed by atoms with Crippen LogP contribution in [-0.2, 0) is 4.84 Å². The molecule has 0 amide bonds. The second-order valence-electron chi connectivity index (χ2n) is 6.97. The molecule has 0 saturated carbocycles. The molecule has 8 heteroatoms. The molecule has 3 aromatic rings. The summed E-state index contributed by atoms with van der Waals surface area (Å²) < 4.78 is 0. The van der Waals surface area contributed by atoms with E-state index in [2.05, 4.69) is 20.0 Å². The van der Waals surface area contributed by atoms with Crippen LogP contribution in [0.1, 0.15) is 31.7 Å². The van der Waals surface area contributed by atoms with Gasteiger partial charge >= 0.3 is 0 Å². The maximum atomic E-state index is 5.49. The number of rotatable bonds is 4. The van der Waals surface area contributed by atoms with Gasteiger partial charge < -0.3 is 9.74 Å². The zero-order valence-electron chi connectivity index (χ0n) is 16.4. The Hall–Kier alpha value is -2.87. The lowest BCUT2D eigenvalue weighted by Gasteiger charge is -2.26. The predicted octanol–water partition coefficient (Wildman–Crippen LogP) is 3.94. The molecule has 1 aliphatic heterocycles. The molecule has 0 unspecified atom stereocenters. The summed E-state index contributed by atoms with van der Waals surface area (Å²) in [6.45, 7) is 6.76. The lowest BCUT2D eigenvalue weighted by atomic mass is 10.1. The number of hydrogen-bond donors (Lipinski definition) is 0. The van der Waals surface area contributed by atoms with Crippen LogP contribution in [0.25, 0.3) is 21.1 Å². The van der Waals surface area contributed by atoms with Gasteiger partial charge in [-0.1, -0.05) is 5.16 Å². The minimum absolute atomic E-state index is 0.0255. The summed E-state index contributed by atoms with van der Waals surface area (Å²) in [5.41, 5.74) is 4.35. The third kappa shape index (κ3) is 3.60. The van der Waals surface area contributed by atoms with Crippen molar-refractivity contribution in [2.24, 2.45) is 5.16 Å². The molecule has 28 heavy (non-hydrogen) atoms. The Morgan fingerprint density at radius 2 is 2.11 bits per heavy atom. The van der Waals surface area contributed by atoms with Crippen molar-refractivity contribution < 1.29 is 4.84 Å². The molecule has 3 aromatic heterocycles. The van der Waals surface area contributed by atoms with Crippen LogP contribution < -0.4 is 4.90 Å². The number of anilines is 1. The van der Waals surface area contributed by atoms with Gasteiger partial charge in [-0.25, -0.2) is 15.0 Å². The van der Waals surface area contributed by atoms with E-state index in [0.29, 0.717) is 0 Å². The average Bonchev–Trinajstić information content (AvgIpc) is 3.09. The van der Waals surface area contributed by atoms with Gasteiger partial charge in [-0.2, -0.15) is 0 Å². The average molecular weight is 395 g/mol. The molecule has 144 valence electrons. The molecular weight excluding hydrogens is 372 g/mol. The summed E-state index contributed by atoms with van der Waals surface area (Å²) in [6, 6.07) is 3.92. The number of aryl methyl sites for hydroxylation is 1. The van der Waals surface area contributed by atoms with Gasteiger partial charge in [0, 0.05) is 38.0 Å². The quantitative estimate of drug-likeness (QED) is 0.624. The van der Waals surface area contributed by atoms with E-state index in [1.165, 1.54) is 0 Å². The van der Waals surface area contributed by atoms with Crippen molar-refractivity contribution in [1.29, 1.82) is 0 Å². The first-order valence-electron chi connectivity index (χ1n) is 9.22. The van der Waals surface area contributed by atoms with Crippen LogP contribution in [0.3, 0.4) is 0 Å². The molecule has 0 aromatic carbocycles. The highest BCUT2D eigenvalue weighted by Gasteiger charge is 2.25. The summed E-state index contributed by atoms with van der Waals surface area (Å²) in [4.78, 5) is 27.1. The van der Waals surface area contributed by atoms with Crippen LogP contribution >= 0.6 is 11.3 Å². The van der Waals surface area contributed by atoms with Crippen LogP contribution in [-0.4, -0.2) is 45.3 Å². The standard InChI is InChI=1S/C20H22N6OS/c1-12(2)27-25-15-7-9-26(4)19-17(15)24-16(11-22-19)18-13(3)23-20(28-18)14-6-5-8-21-10-14/h5-6,8,10-12H,7,9H2,1-4H3/b25-15+. The monoisotopic (exact) mass is 394 g/mol. The number of pyridine rings is 1. The lowest BCUT2D eigenvalue weighted by Crippen LogP contribution is -2.31. The van der Waals surface area contributed by atoms with E-state index in [1.54, 1.807) is 17.5 Å². The highest BCUT2D eigenvalue weighted by molar-refractivity contribution is 7.18. The molecule has 1 aliphatic rings. The van der Waals surface area contributed by atoms with Crippen molar-refractivity contribution in [3.8, 4) is 21.1 Å². The molecule has 4 heterocycles. The van der Waals surface area contributed by atoms with E-state index in [1.807, 2.05) is 52.3 Å². The third-order valence-corrected chi connectivity index (χ3v) is 5.61. The van der Waals surface area contributed by atoms with Crippen molar-refractivity contribution in [3.63, 3.8) is 0 Å². The van der Waals surface area contributed by atoms with E-state index < -0.39 is 0 Å². The molecule has 0 bridgehead atoms. The van der Waals surface area contributed by atoms with Crippen molar-refractivity contribution >= 4 is 22.9 Å². The molecular formula is C20H22N6OS. The number of hydrogen-bond acceptors (Lipinski definition) is 8. The van der Waals surface area contributed by atoms with Crippen molar-refractivity contribution in [2.45, 2.75) is 33.3 Å². The molecule has 4 rings (SSSR count). The van der Waals surface area contributed by atoms with E-state index >= 15 is 0 Å². The Kier molecular flexibility index (Phi) is 5.04. The largest absolute Gasteiger partial charge is 0.393 e. The highest BCUT2D eigenvalue weighted by atomic mass is 32.1. The van der Waals surface area contributed by atoms with Crippen LogP contribution in [0, 0.1) is 6.92 Å². The fourth-order valence-electron chi connectivity index (χ4n) is 2.97. The molecule has 0 radical (unpaired) electrons. The van der Waals surface area contributed by atoms with E-state index in [0.717, 1.165) is 57.0 Å². The number of oxime groups is 1. The number of thiazole rings is 1. The predicted molar refractivity (Wildman–Crippen MR) is 112 cm³/mol. The number of aromatic nitrogens is 4. The molecule has 0 aliphatic carbocycles. The van der Waals surface area contributed by atoms with Gasteiger partial charge in [0.05, 0.1) is 16.8 Å². The minimum atomic E-state index is 0.0255. The summed E-state index contributed by atoms with van der Waals surface area (Å²) in [6.07, 6.45) is 6.20. The first kappa shape index (κ1) is 18.5. The molecule has 7 nitrogen and oxygen atoms in total. The Balaban J connectivity index is 1.75. The van der Waals surface area contributed by atoms with Gasteiger partial charge in [-0.05, 0) is 32.9 Å². The van der Waals surface area contributed by atoms with Gasteiger partial charge in [0.2, 0.25) is 0 Å².